The van der Waals surface area contributed by atoms with Crippen LogP contribution in [0.1, 0.15) is 25.8 Å². The Labute approximate surface area is 162 Å². The molecular weight excluding hydrogens is 340 g/mol. The van der Waals surface area contributed by atoms with Gasteiger partial charge < -0.3 is 30.5 Å². The highest BCUT2D eigenvalue weighted by molar-refractivity contribution is 5.79. The number of aromatic nitrogens is 2. The largest absolute Gasteiger partial charge is 0.389 e. The monoisotopic (exact) mass is 374 g/mol. The van der Waals surface area contributed by atoms with Crippen molar-refractivity contribution in [1.82, 2.24) is 24.7 Å². The Morgan fingerprint density at radius 1 is 1.22 bits per heavy atom. The fourth-order valence-electron chi connectivity index (χ4n) is 3.59. The van der Waals surface area contributed by atoms with Crippen LogP contribution in [0.25, 0.3) is 11.0 Å². The van der Waals surface area contributed by atoms with Gasteiger partial charge in [-0.1, -0.05) is 6.07 Å². The van der Waals surface area contributed by atoms with E-state index >= 15 is 0 Å². The smallest absolute Gasteiger partial charge is 0.201 e. The van der Waals surface area contributed by atoms with E-state index in [2.05, 4.69) is 39.3 Å². The Bertz CT molecular complexity index is 743. The van der Waals surface area contributed by atoms with Gasteiger partial charge in [0.05, 0.1) is 23.2 Å². The third kappa shape index (κ3) is 5.65. The molecule has 1 fully saturated rings. The van der Waals surface area contributed by atoms with Crippen LogP contribution in [0.2, 0.25) is 0 Å². The van der Waals surface area contributed by atoms with Gasteiger partial charge in [0.1, 0.15) is 0 Å². The number of piperazine rings is 1. The summed E-state index contributed by atoms with van der Waals surface area (Å²) in [5, 5.41) is 13.6. The molecule has 4 N–H and O–H groups in total. The molecule has 27 heavy (non-hydrogen) atoms. The van der Waals surface area contributed by atoms with Gasteiger partial charge in [0, 0.05) is 32.7 Å². The maximum Gasteiger partial charge on any atom is 0.201 e. The predicted octanol–water partition coefficient (Wildman–Crippen LogP) is 1.12. The van der Waals surface area contributed by atoms with E-state index in [0.717, 1.165) is 30.7 Å². The van der Waals surface area contributed by atoms with Crippen molar-refractivity contribution in [1.29, 1.82) is 0 Å². The topological polar surface area (TPSA) is 82.6 Å². The maximum atomic E-state index is 10.1. The summed E-state index contributed by atoms with van der Waals surface area (Å²) in [4.78, 5) is 9.40. The number of fused-ring (bicyclic) bond motifs is 1. The number of nitrogens with one attached hydrogen (secondary N) is 1. The van der Waals surface area contributed by atoms with E-state index in [-0.39, 0.29) is 0 Å². The second-order valence-corrected chi connectivity index (χ2v) is 8.37. The van der Waals surface area contributed by atoms with Crippen molar-refractivity contribution >= 4 is 17.0 Å². The van der Waals surface area contributed by atoms with Crippen LogP contribution in [-0.4, -0.2) is 76.4 Å². The molecule has 0 unspecified atom stereocenters. The summed E-state index contributed by atoms with van der Waals surface area (Å²) in [5.74, 6) is 0.449. The van der Waals surface area contributed by atoms with Crippen LogP contribution in [0.3, 0.4) is 0 Å². The first-order valence-corrected chi connectivity index (χ1v) is 9.90. The molecule has 1 aromatic carbocycles. The van der Waals surface area contributed by atoms with Gasteiger partial charge in [0.2, 0.25) is 5.95 Å². The van der Waals surface area contributed by atoms with Gasteiger partial charge in [-0.05, 0) is 58.1 Å². The van der Waals surface area contributed by atoms with Crippen LogP contribution in [-0.2, 0) is 13.1 Å². The lowest BCUT2D eigenvalue weighted by Crippen LogP contribution is -2.45. The van der Waals surface area contributed by atoms with Gasteiger partial charge in [-0.2, -0.15) is 0 Å². The normalized spacial score (nSPS) is 17.0. The minimum Gasteiger partial charge on any atom is -0.389 e. The van der Waals surface area contributed by atoms with Crippen molar-refractivity contribution in [3.63, 3.8) is 0 Å². The van der Waals surface area contributed by atoms with Crippen molar-refractivity contribution in [3.8, 4) is 0 Å². The standard InChI is InChI=1S/C20H34N6O/c1-20(2,27)15-26-18-6-5-16(13-17(18)23-19(26)21)14-22-7-4-8-25-11-9-24(3)10-12-25/h5-6,13,22,27H,4,7-12,14-15H2,1-3H3,(H2,21,23). The molecule has 0 atom stereocenters. The first kappa shape index (κ1) is 20.1. The Morgan fingerprint density at radius 2 is 1.96 bits per heavy atom. The lowest BCUT2D eigenvalue weighted by Gasteiger charge is -2.32. The van der Waals surface area contributed by atoms with E-state index in [4.69, 9.17) is 5.73 Å². The van der Waals surface area contributed by atoms with Crippen molar-refractivity contribution in [3.05, 3.63) is 23.8 Å². The van der Waals surface area contributed by atoms with Gasteiger partial charge in [-0.3, -0.25) is 0 Å². The molecule has 0 bridgehead atoms. The lowest BCUT2D eigenvalue weighted by atomic mass is 10.1. The Morgan fingerprint density at radius 3 is 2.67 bits per heavy atom. The van der Waals surface area contributed by atoms with Crippen LogP contribution in [0, 0.1) is 0 Å². The van der Waals surface area contributed by atoms with Crippen LogP contribution < -0.4 is 11.1 Å². The predicted molar refractivity (Wildman–Crippen MR) is 111 cm³/mol. The molecule has 0 saturated carbocycles. The summed E-state index contributed by atoms with van der Waals surface area (Å²) in [6.45, 7) is 11.7. The quantitative estimate of drug-likeness (QED) is 0.601. The van der Waals surface area contributed by atoms with Crippen LogP contribution in [0.4, 0.5) is 5.95 Å². The number of nitrogen functional groups attached to an aromatic ring is 1. The minimum atomic E-state index is -0.828. The summed E-state index contributed by atoms with van der Waals surface area (Å²) in [5.41, 5.74) is 8.27. The number of likely N-dealkylation sites (N-methyl/N-ethyl adjacent to an activating group) is 1. The number of nitrogens with two attached hydrogens (primary N) is 1. The van der Waals surface area contributed by atoms with Crippen molar-refractivity contribution in [2.75, 3.05) is 52.0 Å². The Kier molecular flexibility index (Phi) is 6.37. The molecule has 7 nitrogen and oxygen atoms in total. The number of hydrogen-bond donors (Lipinski definition) is 3. The molecule has 1 aliphatic rings. The summed E-state index contributed by atoms with van der Waals surface area (Å²) in [6, 6.07) is 6.24. The van der Waals surface area contributed by atoms with E-state index in [9.17, 15) is 5.11 Å². The van der Waals surface area contributed by atoms with Gasteiger partial charge in [-0.25, -0.2) is 4.98 Å². The third-order valence-corrected chi connectivity index (χ3v) is 5.14. The van der Waals surface area contributed by atoms with Crippen molar-refractivity contribution < 1.29 is 5.11 Å². The molecule has 2 aromatic rings. The number of anilines is 1. The maximum absolute atomic E-state index is 10.1. The summed E-state index contributed by atoms with van der Waals surface area (Å²) >= 11 is 0. The summed E-state index contributed by atoms with van der Waals surface area (Å²) in [7, 11) is 2.19. The Hall–Kier alpha value is -1.67. The highest BCUT2D eigenvalue weighted by atomic mass is 16.3. The van der Waals surface area contributed by atoms with E-state index in [1.807, 2.05) is 10.6 Å². The van der Waals surface area contributed by atoms with Crippen LogP contribution in [0.5, 0.6) is 0 Å². The molecule has 0 radical (unpaired) electrons. The zero-order chi connectivity index (χ0) is 19.4. The van der Waals surface area contributed by atoms with E-state index < -0.39 is 5.60 Å². The number of nitrogens with zero attached hydrogens (tertiary/aromatic N) is 4. The number of rotatable bonds is 8. The fraction of sp³-hybridized carbons (Fsp3) is 0.650. The zero-order valence-corrected chi connectivity index (χ0v) is 16.9. The van der Waals surface area contributed by atoms with Crippen molar-refractivity contribution in [2.24, 2.45) is 0 Å². The number of imidazole rings is 1. The first-order valence-electron chi connectivity index (χ1n) is 9.90. The lowest BCUT2D eigenvalue weighted by molar-refractivity contribution is 0.0633. The molecule has 1 aromatic heterocycles. The molecule has 3 rings (SSSR count). The summed E-state index contributed by atoms with van der Waals surface area (Å²) in [6.07, 6.45) is 1.17. The highest BCUT2D eigenvalue weighted by Gasteiger charge is 2.18. The minimum absolute atomic E-state index is 0.430. The summed E-state index contributed by atoms with van der Waals surface area (Å²) < 4.78 is 1.88. The SMILES string of the molecule is CN1CCN(CCCNCc2ccc3c(c2)nc(N)n3CC(C)(C)O)CC1. The van der Waals surface area contributed by atoms with E-state index in [0.29, 0.717) is 12.5 Å². The second kappa shape index (κ2) is 8.56. The second-order valence-electron chi connectivity index (χ2n) is 8.37. The van der Waals surface area contributed by atoms with Crippen LogP contribution in [0.15, 0.2) is 18.2 Å². The fourth-order valence-corrected chi connectivity index (χ4v) is 3.59. The Balaban J connectivity index is 1.48. The number of benzene rings is 1. The number of hydrogen-bond acceptors (Lipinski definition) is 6. The first-order chi connectivity index (χ1) is 12.8. The molecule has 0 aliphatic carbocycles. The molecule has 0 amide bonds. The molecule has 1 aliphatic heterocycles. The van der Waals surface area contributed by atoms with Crippen LogP contribution >= 0.6 is 0 Å². The van der Waals surface area contributed by atoms with Gasteiger partial charge in [0.15, 0.2) is 0 Å². The average Bonchev–Trinajstić information content (AvgIpc) is 2.89. The molecule has 7 heteroatoms. The van der Waals surface area contributed by atoms with Gasteiger partial charge in [0.25, 0.3) is 0 Å². The molecule has 2 heterocycles. The molecule has 150 valence electrons. The highest BCUT2D eigenvalue weighted by Crippen LogP contribution is 2.21. The zero-order valence-electron chi connectivity index (χ0n) is 16.9. The average molecular weight is 375 g/mol. The van der Waals surface area contributed by atoms with Gasteiger partial charge in [-0.15, -0.1) is 0 Å². The number of aliphatic hydroxyl groups is 1. The van der Waals surface area contributed by atoms with E-state index in [1.54, 1.807) is 13.8 Å². The molecule has 1 saturated heterocycles. The third-order valence-electron chi connectivity index (χ3n) is 5.14. The van der Waals surface area contributed by atoms with E-state index in [1.165, 1.54) is 38.2 Å². The molecular formula is C20H34N6O. The van der Waals surface area contributed by atoms with Crippen molar-refractivity contribution in [2.45, 2.75) is 39.0 Å². The van der Waals surface area contributed by atoms with Gasteiger partial charge >= 0.3 is 0 Å². The molecule has 0 spiro atoms.